The Balaban J connectivity index is 0.000000138. The summed E-state index contributed by atoms with van der Waals surface area (Å²) in [5.41, 5.74) is 11.9. The maximum Gasteiger partial charge on any atom is 0.337 e. The first-order chi connectivity index (χ1) is 41.7. The van der Waals surface area contributed by atoms with E-state index in [-0.39, 0.29) is 35.1 Å². The minimum Gasteiger partial charge on any atom is -0.478 e. The number of morpholine rings is 2. The van der Waals surface area contributed by atoms with Crippen LogP contribution in [0.25, 0.3) is 34.9 Å². The number of aryl methyl sites for hydroxylation is 3. The van der Waals surface area contributed by atoms with Crippen LogP contribution in [0, 0.1) is 64.9 Å². The number of fused-ring (bicyclic) bond motifs is 3. The molecule has 0 radical (unpaired) electrons. The van der Waals surface area contributed by atoms with Gasteiger partial charge < -0.3 is 55.3 Å². The van der Waals surface area contributed by atoms with E-state index in [2.05, 4.69) is 40.7 Å². The molecule has 10 heterocycles. The number of likely N-dealkylation sites (tertiary alicyclic amines) is 2. The van der Waals surface area contributed by atoms with Gasteiger partial charge in [-0.1, -0.05) is 0 Å². The van der Waals surface area contributed by atoms with Crippen molar-refractivity contribution in [2.75, 3.05) is 101 Å². The highest BCUT2D eigenvalue weighted by Crippen LogP contribution is 2.38. The van der Waals surface area contributed by atoms with Gasteiger partial charge in [0.05, 0.1) is 59.8 Å². The summed E-state index contributed by atoms with van der Waals surface area (Å²) in [6.07, 6.45) is 6.94. The quantitative estimate of drug-likeness (QED) is 0.0675. The average molecular weight is 1190 g/mol. The third-order valence-electron chi connectivity index (χ3n) is 17.4. The van der Waals surface area contributed by atoms with Gasteiger partial charge in [-0.05, 0) is 150 Å². The number of aromatic carboxylic acids is 1. The fourth-order valence-electron chi connectivity index (χ4n) is 12.9. The second kappa shape index (κ2) is 24.9. The Morgan fingerprint density at radius 2 is 0.908 bits per heavy atom. The molecule has 6 aromatic rings. The van der Waals surface area contributed by atoms with Gasteiger partial charge in [0, 0.05) is 133 Å². The largest absolute Gasteiger partial charge is 0.478 e. The van der Waals surface area contributed by atoms with Crippen LogP contribution >= 0.6 is 0 Å². The van der Waals surface area contributed by atoms with E-state index in [1.165, 1.54) is 42.5 Å². The van der Waals surface area contributed by atoms with Crippen molar-refractivity contribution in [1.29, 1.82) is 0 Å². The predicted octanol–water partition coefficient (Wildman–Crippen LogP) is 8.83. The van der Waals surface area contributed by atoms with E-state index in [1.54, 1.807) is 44.2 Å². The number of carbonyl (C=O) groups excluding carboxylic acids is 5. The van der Waals surface area contributed by atoms with Crippen LogP contribution < -0.4 is 16.0 Å². The number of nitrogens with one attached hydrogen (secondary N) is 6. The highest BCUT2D eigenvalue weighted by Gasteiger charge is 2.36. The van der Waals surface area contributed by atoms with Crippen molar-refractivity contribution in [2.45, 2.75) is 60.4 Å². The molecule has 5 amide bonds. The molecule has 4 saturated heterocycles. The summed E-state index contributed by atoms with van der Waals surface area (Å²) in [7, 11) is 0. The van der Waals surface area contributed by atoms with E-state index in [0.29, 0.717) is 108 Å². The van der Waals surface area contributed by atoms with E-state index < -0.39 is 23.4 Å². The Bertz CT molecular complexity index is 3880. The predicted molar refractivity (Wildman–Crippen MR) is 324 cm³/mol. The van der Waals surface area contributed by atoms with Crippen molar-refractivity contribution in [3.8, 4) is 0 Å². The highest BCUT2D eigenvalue weighted by atomic mass is 19.1. The molecule has 87 heavy (non-hydrogen) atoms. The summed E-state index contributed by atoms with van der Waals surface area (Å²) >= 11 is 0. The number of aromatic amines is 3. The molecule has 7 aliphatic heterocycles. The molecule has 22 heteroatoms. The van der Waals surface area contributed by atoms with Gasteiger partial charge in [0.15, 0.2) is 0 Å². The lowest BCUT2D eigenvalue weighted by Crippen LogP contribution is -2.45. The second-order valence-electron chi connectivity index (χ2n) is 23.1. The number of nitrogens with zero attached hydrogens (tertiary/aromatic N) is 4. The van der Waals surface area contributed by atoms with E-state index in [0.717, 1.165) is 114 Å². The van der Waals surface area contributed by atoms with Crippen LogP contribution in [0.1, 0.15) is 111 Å². The van der Waals surface area contributed by atoms with Crippen LogP contribution in [0.15, 0.2) is 54.6 Å². The van der Waals surface area contributed by atoms with E-state index in [9.17, 15) is 47.0 Å². The minimum absolute atomic E-state index is 0.0129. The molecule has 3 aromatic carbocycles. The van der Waals surface area contributed by atoms with Crippen molar-refractivity contribution in [1.82, 2.24) is 34.6 Å². The maximum absolute atomic E-state index is 13.8. The third-order valence-corrected chi connectivity index (χ3v) is 17.4. The Morgan fingerprint density at radius 1 is 0.529 bits per heavy atom. The number of hydrogen-bond donors (Lipinski definition) is 7. The minimum atomic E-state index is -1.03. The van der Waals surface area contributed by atoms with Crippen LogP contribution in [-0.4, -0.2) is 167 Å². The summed E-state index contributed by atoms with van der Waals surface area (Å²) in [6, 6.07) is 12.9. The topological polar surface area (TPSA) is 238 Å². The lowest BCUT2D eigenvalue weighted by atomic mass is 10.0. The van der Waals surface area contributed by atoms with Gasteiger partial charge in [-0.15, -0.1) is 0 Å². The van der Waals surface area contributed by atoms with Gasteiger partial charge in [-0.2, -0.15) is 0 Å². The molecular weight excluding hydrogens is 1120 g/mol. The maximum atomic E-state index is 13.8. The van der Waals surface area contributed by atoms with Crippen LogP contribution in [-0.2, 0) is 23.9 Å². The fraction of sp³-hybridized carbons (Fsp3) is 0.354. The number of carboxylic acids is 1. The van der Waals surface area contributed by atoms with Gasteiger partial charge in [0.1, 0.15) is 17.5 Å². The van der Waals surface area contributed by atoms with Gasteiger partial charge >= 0.3 is 5.97 Å². The summed E-state index contributed by atoms with van der Waals surface area (Å²) < 4.78 is 51.8. The number of amides is 5. The van der Waals surface area contributed by atoms with Crippen LogP contribution in [0.3, 0.4) is 0 Å². The molecule has 2 atom stereocenters. The molecule has 2 unspecified atom stereocenters. The Kier molecular flexibility index (Phi) is 17.1. The van der Waals surface area contributed by atoms with Crippen molar-refractivity contribution in [2.24, 2.45) is 5.92 Å². The smallest absolute Gasteiger partial charge is 0.337 e. The van der Waals surface area contributed by atoms with Crippen LogP contribution in [0.5, 0.6) is 0 Å². The monoisotopic (exact) mass is 1190 g/mol. The number of anilines is 3. The molecule has 7 aliphatic rings. The first-order valence-corrected chi connectivity index (χ1v) is 29.2. The zero-order valence-corrected chi connectivity index (χ0v) is 49.3. The SMILES string of the molecule is Cc1[nH]c(/C=C2\C(=O)Nc3ccc(F)cc32)c(C)c1C(=O)N1CCC(CN2CCOCC2)C1.Cc1[nH]c(/C=C2\C(=O)Nc3ccc(F)cc32)c(C)c1C(=O)N1CCC(N2CCOCC2)C1.Cc1[nH]c(/C=C2\C(=O)Nc3ccc(F)cc32)c(C)c1C(=O)O. The summed E-state index contributed by atoms with van der Waals surface area (Å²) in [5.74, 6) is -2.65. The Hall–Kier alpha value is -8.83. The van der Waals surface area contributed by atoms with Crippen molar-refractivity contribution in [3.63, 3.8) is 0 Å². The summed E-state index contributed by atoms with van der Waals surface area (Å²) in [6.45, 7) is 21.6. The van der Waals surface area contributed by atoms with E-state index in [4.69, 9.17) is 9.47 Å². The van der Waals surface area contributed by atoms with Gasteiger partial charge in [0.2, 0.25) is 0 Å². The summed E-state index contributed by atoms with van der Waals surface area (Å²) in [4.78, 5) is 93.2. The van der Waals surface area contributed by atoms with Crippen molar-refractivity contribution >= 4 is 87.5 Å². The Labute approximate surface area is 500 Å². The molecule has 13 rings (SSSR count). The van der Waals surface area contributed by atoms with Crippen molar-refractivity contribution in [3.05, 3.63) is 156 Å². The van der Waals surface area contributed by atoms with E-state index in [1.807, 2.05) is 37.5 Å². The van der Waals surface area contributed by atoms with Crippen LogP contribution in [0.2, 0.25) is 0 Å². The normalized spacial score (nSPS) is 20.5. The molecule has 7 N–H and O–H groups in total. The number of H-pyrrole nitrogens is 3. The third kappa shape index (κ3) is 12.3. The zero-order valence-electron chi connectivity index (χ0n) is 49.3. The average Bonchev–Trinajstić information content (AvgIpc) is 2.66. The molecule has 0 saturated carbocycles. The number of rotatable bonds is 9. The lowest BCUT2D eigenvalue weighted by molar-refractivity contribution is -0.111. The van der Waals surface area contributed by atoms with Crippen molar-refractivity contribution < 1.29 is 56.5 Å². The lowest BCUT2D eigenvalue weighted by Gasteiger charge is -2.32. The second-order valence-corrected chi connectivity index (χ2v) is 23.1. The van der Waals surface area contributed by atoms with Gasteiger partial charge in [-0.25, -0.2) is 18.0 Å². The molecule has 0 bridgehead atoms. The van der Waals surface area contributed by atoms with Crippen LogP contribution in [0.4, 0.5) is 30.2 Å². The number of halogens is 3. The number of hydrogen-bond acceptors (Lipinski definition) is 10. The molecule has 0 spiro atoms. The fourth-order valence-corrected chi connectivity index (χ4v) is 12.9. The zero-order chi connectivity index (χ0) is 61.5. The molecule has 454 valence electrons. The molecule has 19 nitrogen and oxygen atoms in total. The molecule has 0 aliphatic carbocycles. The van der Waals surface area contributed by atoms with E-state index >= 15 is 0 Å². The number of benzene rings is 3. The number of aromatic nitrogens is 3. The number of carboxylic acid groups (broad SMARTS) is 1. The number of carbonyl (C=O) groups is 6. The molecular formula is C65H69F3N10O9. The molecule has 4 fully saturated rings. The van der Waals surface area contributed by atoms with Gasteiger partial charge in [-0.3, -0.25) is 33.8 Å². The first-order valence-electron chi connectivity index (χ1n) is 29.2. The van der Waals surface area contributed by atoms with Gasteiger partial charge in [0.25, 0.3) is 29.5 Å². The molecule has 3 aromatic heterocycles. The summed E-state index contributed by atoms with van der Waals surface area (Å²) in [5, 5.41) is 17.4. The standard InChI is InChI=1S/C25H29FN4O3.C24H27FN4O3.C16H13FN2O3/c1-15-22(12-20-19-11-18(26)3-4-21(19)28-24(20)31)27-16(2)23(15)25(32)30-6-5-17(14-30)13-29-7-9-33-10-8-29;1-14-21(12-19-18-11-16(25)3-4-20(18)27-23(19)30)26-15(2)22(14)24(31)29-6-5-17(13-29)28-7-9-32-10-8-28;1-7-13(18-8(2)14(7)16(21)22)6-11-10-5-9(17)3-4-12(10)19-15(11)20/h3-4,11-12,17,27H,5-10,13-14H2,1-2H3,(H,28,31);3-4,11-12,17,26H,5-10,13H2,1-2H3,(H,27,30);3-6,18H,1-2H3,(H,19,20)(H,21,22)/b20-12-;19-12-;11-6-. The first kappa shape index (κ1) is 59.9. The number of ether oxygens (including phenoxy) is 2. The Morgan fingerprint density at radius 3 is 1.32 bits per heavy atom. The highest BCUT2D eigenvalue weighted by molar-refractivity contribution is 6.36.